The lowest BCUT2D eigenvalue weighted by atomic mass is 10.2. The Kier molecular flexibility index (Phi) is 5.36. The highest BCUT2D eigenvalue weighted by molar-refractivity contribution is 5.75. The molecular weight excluding hydrogens is 238 g/mol. The van der Waals surface area contributed by atoms with Gasteiger partial charge in [-0.05, 0) is 44.9 Å². The van der Waals surface area contributed by atoms with E-state index in [4.69, 9.17) is 5.11 Å². The van der Waals surface area contributed by atoms with Crippen molar-refractivity contribution < 1.29 is 5.11 Å². The maximum absolute atomic E-state index is 8.72. The average Bonchev–Trinajstić information content (AvgIpc) is 2.80. The third kappa shape index (κ3) is 3.55. The van der Waals surface area contributed by atoms with Gasteiger partial charge in [0.05, 0.1) is 17.6 Å². The van der Waals surface area contributed by atoms with Gasteiger partial charge in [-0.1, -0.05) is 12.1 Å². The third-order valence-corrected chi connectivity index (χ3v) is 3.34. The Morgan fingerprint density at radius 1 is 1.21 bits per heavy atom. The molecule has 0 amide bonds. The van der Waals surface area contributed by atoms with Crippen LogP contribution in [0.1, 0.15) is 32.0 Å². The predicted molar refractivity (Wildman–Crippen MR) is 78.1 cm³/mol. The molecule has 0 unspecified atom stereocenters. The van der Waals surface area contributed by atoms with Gasteiger partial charge in [-0.3, -0.25) is 0 Å². The molecule has 2 aromatic rings. The Labute approximate surface area is 114 Å². The van der Waals surface area contributed by atoms with Crippen molar-refractivity contribution in [3.8, 4) is 0 Å². The summed E-state index contributed by atoms with van der Waals surface area (Å²) in [5, 5.41) is 12.1. The number of para-hydroxylation sites is 2. The van der Waals surface area contributed by atoms with E-state index in [1.54, 1.807) is 0 Å². The van der Waals surface area contributed by atoms with Gasteiger partial charge in [0.1, 0.15) is 5.82 Å². The summed E-state index contributed by atoms with van der Waals surface area (Å²) in [7, 11) is 0. The van der Waals surface area contributed by atoms with E-state index in [0.29, 0.717) is 6.61 Å². The van der Waals surface area contributed by atoms with Crippen LogP contribution in [0.5, 0.6) is 0 Å². The Morgan fingerprint density at radius 2 is 2.05 bits per heavy atom. The van der Waals surface area contributed by atoms with Crippen molar-refractivity contribution in [2.45, 2.75) is 39.3 Å². The van der Waals surface area contributed by atoms with Gasteiger partial charge in [0, 0.05) is 13.2 Å². The number of aliphatic hydroxyl groups is 1. The number of rotatable bonds is 8. The summed E-state index contributed by atoms with van der Waals surface area (Å²) in [5.41, 5.74) is 2.28. The molecule has 19 heavy (non-hydrogen) atoms. The van der Waals surface area contributed by atoms with E-state index >= 15 is 0 Å². The maximum atomic E-state index is 8.72. The largest absolute Gasteiger partial charge is 0.396 e. The molecule has 0 radical (unpaired) electrons. The second-order valence-electron chi connectivity index (χ2n) is 4.72. The van der Waals surface area contributed by atoms with Crippen LogP contribution in [0.3, 0.4) is 0 Å². The summed E-state index contributed by atoms with van der Waals surface area (Å²) in [5.74, 6) is 1.10. The molecule has 1 aromatic carbocycles. The summed E-state index contributed by atoms with van der Waals surface area (Å²) in [6, 6.07) is 8.27. The van der Waals surface area contributed by atoms with Crippen LogP contribution in [-0.4, -0.2) is 27.8 Å². The minimum absolute atomic E-state index is 0.297. The number of nitrogens with zero attached hydrogens (tertiary/aromatic N) is 2. The smallest absolute Gasteiger partial charge is 0.123 e. The Morgan fingerprint density at radius 3 is 2.84 bits per heavy atom. The van der Waals surface area contributed by atoms with Crippen molar-refractivity contribution in [2.75, 3.05) is 13.2 Å². The number of aryl methyl sites for hydroxylation is 1. The van der Waals surface area contributed by atoms with Crippen molar-refractivity contribution in [1.82, 2.24) is 14.9 Å². The number of hydrogen-bond acceptors (Lipinski definition) is 3. The van der Waals surface area contributed by atoms with E-state index in [2.05, 4.69) is 40.0 Å². The summed E-state index contributed by atoms with van der Waals surface area (Å²) in [4.78, 5) is 4.68. The Bertz CT molecular complexity index is 507. The molecule has 0 aliphatic heterocycles. The molecule has 4 nitrogen and oxygen atoms in total. The molecule has 104 valence electrons. The molecule has 4 heteroatoms. The van der Waals surface area contributed by atoms with Crippen molar-refractivity contribution in [3.05, 3.63) is 30.1 Å². The van der Waals surface area contributed by atoms with Gasteiger partial charge in [0.2, 0.25) is 0 Å². The van der Waals surface area contributed by atoms with Crippen molar-refractivity contribution in [3.63, 3.8) is 0 Å². The van der Waals surface area contributed by atoms with E-state index in [-0.39, 0.29) is 0 Å². The lowest BCUT2D eigenvalue weighted by molar-refractivity contribution is 0.283. The van der Waals surface area contributed by atoms with Crippen LogP contribution in [0.15, 0.2) is 24.3 Å². The van der Waals surface area contributed by atoms with Crippen LogP contribution in [0, 0.1) is 0 Å². The molecule has 0 fully saturated rings. The van der Waals surface area contributed by atoms with Gasteiger partial charge in [-0.25, -0.2) is 4.98 Å². The van der Waals surface area contributed by atoms with Crippen molar-refractivity contribution in [1.29, 1.82) is 0 Å². The monoisotopic (exact) mass is 261 g/mol. The number of aliphatic hydroxyl groups excluding tert-OH is 1. The normalized spacial score (nSPS) is 11.3. The molecule has 2 rings (SSSR count). The summed E-state index contributed by atoms with van der Waals surface area (Å²) in [6.07, 6.45) is 3.08. The molecule has 1 heterocycles. The van der Waals surface area contributed by atoms with E-state index in [1.165, 1.54) is 5.52 Å². The first kappa shape index (κ1) is 14.0. The Hall–Kier alpha value is -1.39. The minimum atomic E-state index is 0.297. The van der Waals surface area contributed by atoms with E-state index in [0.717, 1.165) is 50.2 Å². The van der Waals surface area contributed by atoms with Crippen molar-refractivity contribution >= 4 is 11.0 Å². The molecule has 0 aliphatic rings. The fourth-order valence-electron chi connectivity index (χ4n) is 2.35. The van der Waals surface area contributed by atoms with E-state index in [1.807, 2.05) is 6.07 Å². The molecule has 0 spiro atoms. The molecule has 0 bridgehead atoms. The van der Waals surface area contributed by atoms with E-state index in [9.17, 15) is 0 Å². The summed E-state index contributed by atoms with van der Waals surface area (Å²) in [6.45, 7) is 5.18. The topological polar surface area (TPSA) is 50.1 Å². The SMILES string of the molecule is CCn1c(CNCCCCCO)nc2ccccc21. The molecule has 0 aliphatic carbocycles. The summed E-state index contributed by atoms with van der Waals surface area (Å²) < 4.78 is 2.26. The highest BCUT2D eigenvalue weighted by atomic mass is 16.2. The number of imidazole rings is 1. The zero-order chi connectivity index (χ0) is 13.5. The minimum Gasteiger partial charge on any atom is -0.396 e. The number of aromatic nitrogens is 2. The first-order valence-electron chi connectivity index (χ1n) is 7.12. The second kappa shape index (κ2) is 7.26. The molecule has 0 saturated carbocycles. The van der Waals surface area contributed by atoms with Crippen LogP contribution in [0.25, 0.3) is 11.0 Å². The van der Waals surface area contributed by atoms with Crippen molar-refractivity contribution in [2.24, 2.45) is 0 Å². The quantitative estimate of drug-likeness (QED) is 0.717. The molecule has 1 aromatic heterocycles. The molecule has 0 saturated heterocycles. The number of fused-ring (bicyclic) bond motifs is 1. The maximum Gasteiger partial charge on any atom is 0.123 e. The Balaban J connectivity index is 1.93. The molecule has 2 N–H and O–H groups in total. The number of unbranched alkanes of at least 4 members (excludes halogenated alkanes) is 2. The first-order valence-corrected chi connectivity index (χ1v) is 7.12. The predicted octanol–water partition coefficient (Wildman–Crippen LogP) is 2.31. The number of benzene rings is 1. The van der Waals surface area contributed by atoms with E-state index < -0.39 is 0 Å². The fourth-order valence-corrected chi connectivity index (χ4v) is 2.35. The van der Waals surface area contributed by atoms with Gasteiger partial charge in [0.25, 0.3) is 0 Å². The van der Waals surface area contributed by atoms with Crippen LogP contribution < -0.4 is 5.32 Å². The number of hydrogen-bond donors (Lipinski definition) is 2. The third-order valence-electron chi connectivity index (χ3n) is 3.34. The van der Waals surface area contributed by atoms with Gasteiger partial charge in [0.15, 0.2) is 0 Å². The average molecular weight is 261 g/mol. The second-order valence-corrected chi connectivity index (χ2v) is 4.72. The standard InChI is InChI=1S/C15H23N3O/c1-2-18-14-9-5-4-8-13(14)17-15(18)12-16-10-6-3-7-11-19/h4-5,8-9,16,19H,2-3,6-7,10-12H2,1H3. The zero-order valence-electron chi connectivity index (χ0n) is 11.6. The van der Waals surface area contributed by atoms with Crippen LogP contribution in [-0.2, 0) is 13.1 Å². The molecule has 0 atom stereocenters. The van der Waals surface area contributed by atoms with Gasteiger partial charge >= 0.3 is 0 Å². The van der Waals surface area contributed by atoms with Gasteiger partial charge in [-0.15, -0.1) is 0 Å². The van der Waals surface area contributed by atoms with Crippen LogP contribution in [0.4, 0.5) is 0 Å². The lowest BCUT2D eigenvalue weighted by Gasteiger charge is -2.07. The first-order chi connectivity index (χ1) is 9.36. The van der Waals surface area contributed by atoms with Crippen LogP contribution >= 0.6 is 0 Å². The zero-order valence-corrected chi connectivity index (χ0v) is 11.6. The number of nitrogens with one attached hydrogen (secondary N) is 1. The molecular formula is C15H23N3O. The summed E-state index contributed by atoms with van der Waals surface area (Å²) >= 11 is 0. The highest BCUT2D eigenvalue weighted by Gasteiger charge is 2.07. The highest BCUT2D eigenvalue weighted by Crippen LogP contribution is 2.15. The lowest BCUT2D eigenvalue weighted by Crippen LogP contribution is -2.18. The van der Waals surface area contributed by atoms with Gasteiger partial charge < -0.3 is 15.0 Å². The van der Waals surface area contributed by atoms with Crippen LogP contribution in [0.2, 0.25) is 0 Å². The fraction of sp³-hybridized carbons (Fsp3) is 0.533. The van der Waals surface area contributed by atoms with Gasteiger partial charge in [-0.2, -0.15) is 0 Å².